The number of carbonyl (C=O) groups excluding carboxylic acids is 1. The van der Waals surface area contributed by atoms with Gasteiger partial charge in [0, 0.05) is 43.3 Å². The van der Waals surface area contributed by atoms with Crippen molar-refractivity contribution in [2.24, 2.45) is 4.99 Å². The van der Waals surface area contributed by atoms with Crippen LogP contribution in [-0.2, 0) is 0 Å². The summed E-state index contributed by atoms with van der Waals surface area (Å²) >= 11 is 7.50. The van der Waals surface area contributed by atoms with E-state index in [9.17, 15) is 4.79 Å². The molecule has 0 aliphatic heterocycles. The Balaban J connectivity index is 2.33. The molecule has 1 amide bonds. The summed E-state index contributed by atoms with van der Waals surface area (Å²) in [7, 11) is 3.82. The van der Waals surface area contributed by atoms with Crippen LogP contribution >= 0.6 is 22.9 Å². The highest BCUT2D eigenvalue weighted by atomic mass is 35.5. The lowest BCUT2D eigenvalue weighted by Gasteiger charge is -2.18. The summed E-state index contributed by atoms with van der Waals surface area (Å²) in [6, 6.07) is 9.75. The Morgan fingerprint density at radius 3 is 2.45 bits per heavy atom. The molecule has 0 atom stereocenters. The second kappa shape index (κ2) is 8.93. The summed E-state index contributed by atoms with van der Waals surface area (Å²) in [6.45, 7) is 7.24. The quantitative estimate of drug-likeness (QED) is 0.377. The van der Waals surface area contributed by atoms with Gasteiger partial charge >= 0.3 is 0 Å². The minimum atomic E-state index is -0.0105. The molecule has 0 radical (unpaired) electrons. The third-order valence-electron chi connectivity index (χ3n) is 4.58. The van der Waals surface area contributed by atoms with Gasteiger partial charge in [0.05, 0.1) is 12.0 Å². The number of aromatic nitrogens is 1. The first-order valence-corrected chi connectivity index (χ1v) is 10.7. The van der Waals surface area contributed by atoms with E-state index in [2.05, 4.69) is 0 Å². The number of aliphatic imine (C=N–C) groups is 1. The zero-order valence-electron chi connectivity index (χ0n) is 17.4. The van der Waals surface area contributed by atoms with Gasteiger partial charge in [-0.25, -0.2) is 9.98 Å². The van der Waals surface area contributed by atoms with Crippen molar-refractivity contribution < 1.29 is 4.79 Å². The first kappa shape index (κ1) is 21.3. The molecule has 0 aliphatic rings. The third kappa shape index (κ3) is 4.43. The van der Waals surface area contributed by atoms with Gasteiger partial charge in [0.25, 0.3) is 5.91 Å². The highest BCUT2D eigenvalue weighted by Gasteiger charge is 2.25. The second-order valence-electron chi connectivity index (χ2n) is 6.96. The van der Waals surface area contributed by atoms with Gasteiger partial charge in [0.1, 0.15) is 9.71 Å². The smallest absolute Gasteiger partial charge is 0.266 e. The summed E-state index contributed by atoms with van der Waals surface area (Å²) in [5.74, 6) is -0.0105. The van der Waals surface area contributed by atoms with E-state index in [1.807, 2.05) is 75.0 Å². The van der Waals surface area contributed by atoms with E-state index in [0.29, 0.717) is 28.7 Å². The maximum Gasteiger partial charge on any atom is 0.266 e. The van der Waals surface area contributed by atoms with E-state index < -0.39 is 0 Å². The number of hydrogen-bond donors (Lipinski definition) is 0. The Kier molecular flexibility index (Phi) is 6.55. The van der Waals surface area contributed by atoms with E-state index in [0.717, 1.165) is 27.0 Å². The lowest BCUT2D eigenvalue weighted by atomic mass is 10.0. The summed E-state index contributed by atoms with van der Waals surface area (Å²) < 4.78 is 0. The molecule has 3 rings (SSSR count). The molecule has 0 aliphatic carbocycles. The molecular weight excluding hydrogens is 404 g/mol. The number of pyridine rings is 1. The predicted octanol–water partition coefficient (Wildman–Crippen LogP) is 5.63. The van der Waals surface area contributed by atoms with Crippen LogP contribution in [0.25, 0.3) is 21.3 Å². The summed E-state index contributed by atoms with van der Waals surface area (Å²) in [5.41, 5.74) is 3.59. The zero-order valence-corrected chi connectivity index (χ0v) is 18.9. The van der Waals surface area contributed by atoms with Gasteiger partial charge in [-0.15, -0.1) is 11.3 Å². The van der Waals surface area contributed by atoms with Crippen LogP contribution in [0.2, 0.25) is 5.02 Å². The number of aryl methyl sites for hydroxylation is 1. The molecule has 152 valence electrons. The third-order valence-corrected chi connectivity index (χ3v) is 5.90. The Morgan fingerprint density at radius 2 is 1.86 bits per heavy atom. The first-order chi connectivity index (χ1) is 13.8. The van der Waals surface area contributed by atoms with Gasteiger partial charge in [-0.05, 0) is 50.1 Å². The molecule has 0 N–H and O–H groups in total. The number of hydrogen-bond acceptors (Lipinski definition) is 4. The van der Waals surface area contributed by atoms with Gasteiger partial charge in [-0.3, -0.25) is 4.79 Å². The van der Waals surface area contributed by atoms with Gasteiger partial charge in [0.15, 0.2) is 0 Å². The Bertz CT molecular complexity index is 1050. The number of amides is 1. The van der Waals surface area contributed by atoms with Crippen LogP contribution in [0.3, 0.4) is 0 Å². The number of rotatable bonds is 6. The van der Waals surface area contributed by atoms with Crippen molar-refractivity contribution in [3.8, 4) is 11.1 Å². The summed E-state index contributed by atoms with van der Waals surface area (Å²) in [4.78, 5) is 27.7. The van der Waals surface area contributed by atoms with E-state index in [1.165, 1.54) is 11.3 Å². The number of nitrogens with zero attached hydrogens (tertiary/aromatic N) is 4. The fourth-order valence-corrected chi connectivity index (χ4v) is 4.44. The van der Waals surface area contributed by atoms with Crippen molar-refractivity contribution in [1.82, 2.24) is 14.8 Å². The van der Waals surface area contributed by atoms with Gasteiger partial charge < -0.3 is 9.80 Å². The van der Waals surface area contributed by atoms with Crippen molar-refractivity contribution in [2.75, 3.05) is 27.2 Å². The molecule has 29 heavy (non-hydrogen) atoms. The molecule has 3 aromatic rings. The molecule has 0 unspecified atom stereocenters. The van der Waals surface area contributed by atoms with Crippen molar-refractivity contribution in [3.05, 3.63) is 45.9 Å². The molecule has 1 aromatic carbocycles. The fourth-order valence-electron chi connectivity index (χ4n) is 3.16. The Labute approximate surface area is 180 Å². The van der Waals surface area contributed by atoms with Crippen molar-refractivity contribution in [2.45, 2.75) is 20.8 Å². The fraction of sp³-hybridized carbons (Fsp3) is 0.318. The molecule has 0 fully saturated rings. The summed E-state index contributed by atoms with van der Waals surface area (Å²) in [5, 5.41) is 1.58. The number of benzene rings is 1. The maximum atomic E-state index is 13.2. The lowest BCUT2D eigenvalue weighted by Crippen LogP contribution is -2.29. The minimum absolute atomic E-state index is 0.0105. The minimum Gasteiger partial charge on any atom is -0.369 e. The van der Waals surface area contributed by atoms with Crippen LogP contribution < -0.4 is 0 Å². The monoisotopic (exact) mass is 428 g/mol. The standard InChI is InChI=1S/C22H25ClN4OS/c1-6-27(7-2)22(28)20-19(24-13-26(4)5)18-17(12-14(3)25-21(18)29-20)15-8-10-16(23)11-9-15/h8-13H,6-7H2,1-5H3. The van der Waals surface area contributed by atoms with E-state index >= 15 is 0 Å². The van der Waals surface area contributed by atoms with Crippen LogP contribution in [-0.4, -0.2) is 54.2 Å². The number of thiophene rings is 1. The molecule has 0 saturated heterocycles. The SMILES string of the molecule is CCN(CC)C(=O)c1sc2nc(C)cc(-c3ccc(Cl)cc3)c2c1N=CN(C)C. The molecular formula is C22H25ClN4OS. The van der Waals surface area contributed by atoms with Crippen LogP contribution in [0, 0.1) is 6.92 Å². The highest BCUT2D eigenvalue weighted by Crippen LogP contribution is 2.43. The largest absolute Gasteiger partial charge is 0.369 e. The molecule has 0 spiro atoms. The van der Waals surface area contributed by atoms with Gasteiger partial charge in [0.2, 0.25) is 0 Å². The van der Waals surface area contributed by atoms with Gasteiger partial charge in [-0.2, -0.15) is 0 Å². The molecule has 5 nitrogen and oxygen atoms in total. The summed E-state index contributed by atoms with van der Waals surface area (Å²) in [6.07, 6.45) is 1.73. The maximum absolute atomic E-state index is 13.2. The molecule has 2 aromatic heterocycles. The highest BCUT2D eigenvalue weighted by molar-refractivity contribution is 7.21. The van der Waals surface area contributed by atoms with Crippen molar-refractivity contribution in [1.29, 1.82) is 0 Å². The van der Waals surface area contributed by atoms with Crippen LogP contribution in [0.1, 0.15) is 29.2 Å². The Hall–Kier alpha value is -2.44. The first-order valence-electron chi connectivity index (χ1n) is 9.55. The van der Waals surface area contributed by atoms with Crippen LogP contribution in [0.5, 0.6) is 0 Å². The molecule has 7 heteroatoms. The zero-order chi connectivity index (χ0) is 21.1. The Morgan fingerprint density at radius 1 is 1.21 bits per heavy atom. The van der Waals surface area contributed by atoms with Gasteiger partial charge in [-0.1, -0.05) is 23.7 Å². The van der Waals surface area contributed by atoms with E-state index in [1.54, 1.807) is 6.34 Å². The average Bonchev–Trinajstić information content (AvgIpc) is 3.05. The second-order valence-corrected chi connectivity index (χ2v) is 8.40. The van der Waals surface area contributed by atoms with Crippen molar-refractivity contribution in [3.63, 3.8) is 0 Å². The lowest BCUT2D eigenvalue weighted by molar-refractivity contribution is 0.0778. The molecule has 0 bridgehead atoms. The van der Waals surface area contributed by atoms with E-state index in [-0.39, 0.29) is 5.91 Å². The average molecular weight is 429 g/mol. The van der Waals surface area contributed by atoms with Crippen molar-refractivity contribution >= 4 is 51.1 Å². The normalized spacial score (nSPS) is 11.4. The topological polar surface area (TPSA) is 48.8 Å². The number of fused-ring (bicyclic) bond motifs is 1. The number of halogens is 1. The van der Waals surface area contributed by atoms with Crippen LogP contribution in [0.4, 0.5) is 5.69 Å². The molecule has 0 saturated carbocycles. The predicted molar refractivity (Wildman–Crippen MR) is 124 cm³/mol. The van der Waals surface area contributed by atoms with Crippen LogP contribution in [0.15, 0.2) is 35.3 Å². The van der Waals surface area contributed by atoms with E-state index in [4.69, 9.17) is 21.6 Å². The molecule has 2 heterocycles. The number of carbonyl (C=O) groups is 1.